The number of carbonyl (C=O) groups excluding carboxylic acids is 1. The van der Waals surface area contributed by atoms with E-state index in [2.05, 4.69) is 5.32 Å². The van der Waals surface area contributed by atoms with Crippen LogP contribution >= 0.6 is 0 Å². The minimum atomic E-state index is -2.55. The Morgan fingerprint density at radius 2 is 1.79 bits per heavy atom. The van der Waals surface area contributed by atoms with Crippen LogP contribution in [0.1, 0.15) is 45.4 Å². The van der Waals surface area contributed by atoms with Crippen LogP contribution < -0.4 is 5.32 Å². The molecule has 1 aliphatic heterocycles. The van der Waals surface area contributed by atoms with Crippen LogP contribution in [0.4, 0.5) is 8.78 Å². The van der Waals surface area contributed by atoms with Gasteiger partial charge in [0.25, 0.3) is 0 Å². The molecule has 1 saturated carbocycles. The first-order valence-corrected chi connectivity index (χ1v) is 7.42. The minimum absolute atomic E-state index is 0.102. The number of nitrogens with one attached hydrogen (secondary N) is 1. The molecule has 0 aromatic rings. The number of rotatable bonds is 3. The molecule has 5 heteroatoms. The minimum Gasteiger partial charge on any atom is -0.340 e. The second kappa shape index (κ2) is 6.16. The zero-order chi connectivity index (χ0) is 13.9. The fourth-order valence-corrected chi connectivity index (χ4v) is 3.23. The second-order valence-corrected chi connectivity index (χ2v) is 5.74. The molecule has 1 heterocycles. The number of piperidine rings is 1. The van der Waals surface area contributed by atoms with Crippen molar-refractivity contribution in [3.05, 3.63) is 0 Å². The number of amides is 1. The quantitative estimate of drug-likeness (QED) is 0.857. The van der Waals surface area contributed by atoms with E-state index in [0.29, 0.717) is 25.4 Å². The third-order valence-corrected chi connectivity index (χ3v) is 4.44. The van der Waals surface area contributed by atoms with Crippen molar-refractivity contribution >= 4 is 5.91 Å². The van der Waals surface area contributed by atoms with Gasteiger partial charge in [0, 0.05) is 31.3 Å². The Kier molecular flexibility index (Phi) is 4.76. The van der Waals surface area contributed by atoms with Gasteiger partial charge in [-0.05, 0) is 45.7 Å². The number of halogens is 2. The molecule has 0 atom stereocenters. The van der Waals surface area contributed by atoms with Gasteiger partial charge in [-0.3, -0.25) is 4.79 Å². The largest absolute Gasteiger partial charge is 0.340 e. The van der Waals surface area contributed by atoms with Crippen molar-refractivity contribution in [1.82, 2.24) is 10.2 Å². The Bertz CT molecular complexity index is 307. The summed E-state index contributed by atoms with van der Waals surface area (Å²) in [4.78, 5) is 14.4. The molecule has 19 heavy (non-hydrogen) atoms. The summed E-state index contributed by atoms with van der Waals surface area (Å²) in [6.07, 6.45) is 2.37. The van der Waals surface area contributed by atoms with Crippen LogP contribution in [-0.2, 0) is 4.79 Å². The number of nitrogens with zero attached hydrogens (tertiary/aromatic N) is 1. The average Bonchev–Trinajstić information content (AvgIpc) is 2.40. The molecule has 0 aromatic heterocycles. The zero-order valence-electron chi connectivity index (χ0n) is 11.6. The molecular formula is C14H24F2N2O. The molecule has 0 unspecified atom stereocenters. The summed E-state index contributed by atoms with van der Waals surface area (Å²) in [5.74, 6) is -2.64. The zero-order valence-corrected chi connectivity index (χ0v) is 11.6. The first-order valence-electron chi connectivity index (χ1n) is 7.42. The van der Waals surface area contributed by atoms with Gasteiger partial charge in [-0.25, -0.2) is 8.78 Å². The van der Waals surface area contributed by atoms with E-state index < -0.39 is 5.92 Å². The average molecular weight is 274 g/mol. The summed E-state index contributed by atoms with van der Waals surface area (Å²) in [7, 11) is 0. The highest BCUT2D eigenvalue weighted by molar-refractivity contribution is 5.79. The van der Waals surface area contributed by atoms with E-state index in [-0.39, 0.29) is 24.7 Å². The number of hydrogen-bond acceptors (Lipinski definition) is 2. The van der Waals surface area contributed by atoms with E-state index in [0.717, 1.165) is 25.9 Å². The lowest BCUT2D eigenvalue weighted by Crippen LogP contribution is -2.48. The third-order valence-electron chi connectivity index (χ3n) is 4.44. The Labute approximate surface area is 113 Å². The standard InChI is InChI=1S/C14H24F2N2O/c1-2-18(12-5-9-17-10-6-12)13(19)11-3-7-14(15,16)8-4-11/h11-12,17H,2-10H2,1H3. The van der Waals surface area contributed by atoms with E-state index in [4.69, 9.17) is 0 Å². The molecular weight excluding hydrogens is 250 g/mol. The number of hydrogen-bond donors (Lipinski definition) is 1. The second-order valence-electron chi connectivity index (χ2n) is 5.74. The maximum atomic E-state index is 13.1. The highest BCUT2D eigenvalue weighted by Gasteiger charge is 2.39. The lowest BCUT2D eigenvalue weighted by molar-refractivity contribution is -0.142. The van der Waals surface area contributed by atoms with Crippen molar-refractivity contribution < 1.29 is 13.6 Å². The smallest absolute Gasteiger partial charge is 0.248 e. The van der Waals surface area contributed by atoms with Crippen molar-refractivity contribution in [2.24, 2.45) is 5.92 Å². The van der Waals surface area contributed by atoms with Gasteiger partial charge in [-0.2, -0.15) is 0 Å². The Hall–Kier alpha value is -0.710. The molecule has 1 N–H and O–H groups in total. The van der Waals surface area contributed by atoms with Crippen LogP contribution in [0.25, 0.3) is 0 Å². The van der Waals surface area contributed by atoms with E-state index in [9.17, 15) is 13.6 Å². The summed E-state index contributed by atoms with van der Waals surface area (Å²) < 4.78 is 26.3. The van der Waals surface area contributed by atoms with Gasteiger partial charge in [0.15, 0.2) is 0 Å². The van der Waals surface area contributed by atoms with Gasteiger partial charge in [-0.15, -0.1) is 0 Å². The monoisotopic (exact) mass is 274 g/mol. The van der Waals surface area contributed by atoms with E-state index in [1.165, 1.54) is 0 Å². The maximum Gasteiger partial charge on any atom is 0.248 e. The van der Waals surface area contributed by atoms with Gasteiger partial charge in [0.1, 0.15) is 0 Å². The fourth-order valence-electron chi connectivity index (χ4n) is 3.23. The van der Waals surface area contributed by atoms with Crippen molar-refractivity contribution in [3.8, 4) is 0 Å². The lowest BCUT2D eigenvalue weighted by atomic mass is 9.85. The van der Waals surface area contributed by atoms with Gasteiger partial charge in [0.2, 0.25) is 11.8 Å². The molecule has 0 bridgehead atoms. The van der Waals surface area contributed by atoms with Crippen LogP contribution in [0, 0.1) is 5.92 Å². The molecule has 2 aliphatic rings. The van der Waals surface area contributed by atoms with Crippen LogP contribution in [0.5, 0.6) is 0 Å². The molecule has 0 spiro atoms. The molecule has 3 nitrogen and oxygen atoms in total. The van der Waals surface area contributed by atoms with E-state index in [1.54, 1.807) is 0 Å². The highest BCUT2D eigenvalue weighted by atomic mass is 19.3. The lowest BCUT2D eigenvalue weighted by Gasteiger charge is -2.37. The highest BCUT2D eigenvalue weighted by Crippen LogP contribution is 2.37. The number of carbonyl (C=O) groups is 1. The van der Waals surface area contributed by atoms with Crippen molar-refractivity contribution in [2.75, 3.05) is 19.6 Å². The van der Waals surface area contributed by atoms with Crippen molar-refractivity contribution in [2.45, 2.75) is 57.4 Å². The summed E-state index contributed by atoms with van der Waals surface area (Å²) >= 11 is 0. The van der Waals surface area contributed by atoms with Crippen LogP contribution in [0.15, 0.2) is 0 Å². The predicted molar refractivity (Wildman–Crippen MR) is 70.2 cm³/mol. The third kappa shape index (κ3) is 3.65. The summed E-state index contributed by atoms with van der Waals surface area (Å²) in [5.41, 5.74) is 0. The van der Waals surface area contributed by atoms with Gasteiger partial charge in [-0.1, -0.05) is 0 Å². The van der Waals surface area contributed by atoms with E-state index >= 15 is 0 Å². The summed E-state index contributed by atoms with van der Waals surface area (Å²) in [6.45, 7) is 4.56. The SMILES string of the molecule is CCN(C(=O)C1CCC(F)(F)CC1)C1CCNCC1. The van der Waals surface area contributed by atoms with Gasteiger partial charge >= 0.3 is 0 Å². The molecule has 2 fully saturated rings. The molecule has 0 aromatic carbocycles. The Morgan fingerprint density at radius 1 is 1.21 bits per heavy atom. The maximum absolute atomic E-state index is 13.1. The number of alkyl halides is 2. The molecule has 1 amide bonds. The predicted octanol–water partition coefficient (Wildman–Crippen LogP) is 2.41. The molecule has 2 rings (SSSR count). The molecule has 1 saturated heterocycles. The Morgan fingerprint density at radius 3 is 2.32 bits per heavy atom. The van der Waals surface area contributed by atoms with Gasteiger partial charge in [0.05, 0.1) is 0 Å². The van der Waals surface area contributed by atoms with Gasteiger partial charge < -0.3 is 10.2 Å². The van der Waals surface area contributed by atoms with E-state index in [1.807, 2.05) is 11.8 Å². The fraction of sp³-hybridized carbons (Fsp3) is 0.929. The molecule has 0 radical (unpaired) electrons. The van der Waals surface area contributed by atoms with Crippen molar-refractivity contribution in [3.63, 3.8) is 0 Å². The van der Waals surface area contributed by atoms with Crippen LogP contribution in [-0.4, -0.2) is 42.4 Å². The molecule has 110 valence electrons. The topological polar surface area (TPSA) is 32.3 Å². The van der Waals surface area contributed by atoms with Crippen LogP contribution in [0.3, 0.4) is 0 Å². The summed E-state index contributed by atoms with van der Waals surface area (Å²) in [6, 6.07) is 0.293. The normalized spacial score (nSPS) is 25.2. The summed E-state index contributed by atoms with van der Waals surface area (Å²) in [5, 5.41) is 3.29. The first-order chi connectivity index (χ1) is 9.03. The first kappa shape index (κ1) is 14.7. The molecule has 1 aliphatic carbocycles. The Balaban J connectivity index is 1.93. The van der Waals surface area contributed by atoms with Crippen molar-refractivity contribution in [1.29, 1.82) is 0 Å². The van der Waals surface area contributed by atoms with Crippen LogP contribution in [0.2, 0.25) is 0 Å².